The fraction of sp³-hybridized carbons (Fsp3) is 0.143. The van der Waals surface area contributed by atoms with Crippen molar-refractivity contribution in [3.63, 3.8) is 0 Å². The molecule has 0 spiro atoms. The first-order valence-electron chi connectivity index (χ1n) is 9.42. The van der Waals surface area contributed by atoms with Gasteiger partial charge < -0.3 is 11.1 Å². The number of amides is 1. The second-order valence-electron chi connectivity index (χ2n) is 7.09. The number of anilines is 1. The summed E-state index contributed by atoms with van der Waals surface area (Å²) in [5, 5.41) is 3.50. The second-order valence-corrected chi connectivity index (χ2v) is 8.93. The number of fused-ring (bicyclic) bond motifs is 1. The molecule has 0 unspecified atom stereocenters. The van der Waals surface area contributed by atoms with Crippen molar-refractivity contribution in [3.05, 3.63) is 95.2 Å². The molecule has 0 saturated heterocycles. The standard InChI is InChI=1S/C21H17Cl2N5O3S/c1-11-19(30)27(9-13-2-3-14(22)15(23)6-13)21(31)28-10-16(32-20(11)28)18(29)26-8-12-4-5-25-17(24)7-12/h2-7,10H,8-9H2,1H3,(H2,24,25)(H,26,29). The second kappa shape index (κ2) is 8.78. The average molecular weight is 490 g/mol. The lowest BCUT2D eigenvalue weighted by atomic mass is 10.2. The number of benzene rings is 1. The normalized spacial score (nSPS) is 11.1. The van der Waals surface area contributed by atoms with Gasteiger partial charge in [0.2, 0.25) is 0 Å². The topological polar surface area (TPSA) is 111 Å². The van der Waals surface area contributed by atoms with Gasteiger partial charge in [0.15, 0.2) is 0 Å². The highest BCUT2D eigenvalue weighted by Gasteiger charge is 2.18. The molecule has 164 valence electrons. The smallest absolute Gasteiger partial charge is 0.336 e. The van der Waals surface area contributed by atoms with Crippen molar-refractivity contribution in [2.45, 2.75) is 20.0 Å². The first-order chi connectivity index (χ1) is 15.2. The Hall–Kier alpha value is -3.14. The molecule has 0 aliphatic carbocycles. The molecule has 3 heterocycles. The van der Waals surface area contributed by atoms with Crippen molar-refractivity contribution in [1.82, 2.24) is 19.3 Å². The molecule has 32 heavy (non-hydrogen) atoms. The van der Waals surface area contributed by atoms with E-state index < -0.39 is 11.2 Å². The van der Waals surface area contributed by atoms with Crippen LogP contribution in [0.3, 0.4) is 0 Å². The number of rotatable bonds is 5. The van der Waals surface area contributed by atoms with Crippen LogP contribution in [-0.4, -0.2) is 19.9 Å². The summed E-state index contributed by atoms with van der Waals surface area (Å²) in [4.78, 5) is 43.2. The molecular formula is C21H17Cl2N5O3S. The van der Waals surface area contributed by atoms with Crippen LogP contribution in [0.25, 0.3) is 4.83 Å². The first kappa shape index (κ1) is 22.1. The van der Waals surface area contributed by atoms with Crippen molar-refractivity contribution >= 4 is 51.1 Å². The zero-order valence-corrected chi connectivity index (χ0v) is 19.1. The molecular weight excluding hydrogens is 473 g/mol. The molecule has 0 aliphatic rings. The maximum Gasteiger partial charge on any atom is 0.336 e. The van der Waals surface area contributed by atoms with E-state index >= 15 is 0 Å². The van der Waals surface area contributed by atoms with Crippen LogP contribution in [0.15, 0.2) is 52.3 Å². The van der Waals surface area contributed by atoms with Gasteiger partial charge in [-0.2, -0.15) is 0 Å². The highest BCUT2D eigenvalue weighted by Crippen LogP contribution is 2.23. The van der Waals surface area contributed by atoms with Gasteiger partial charge in [-0.25, -0.2) is 9.78 Å². The third kappa shape index (κ3) is 4.27. The Balaban J connectivity index is 1.66. The lowest BCUT2D eigenvalue weighted by Crippen LogP contribution is -2.38. The van der Waals surface area contributed by atoms with E-state index in [2.05, 4.69) is 10.3 Å². The van der Waals surface area contributed by atoms with E-state index in [-0.39, 0.29) is 19.0 Å². The van der Waals surface area contributed by atoms with Gasteiger partial charge in [0, 0.05) is 24.5 Å². The highest BCUT2D eigenvalue weighted by atomic mass is 35.5. The number of carbonyl (C=O) groups is 1. The molecule has 0 atom stereocenters. The average Bonchev–Trinajstić information content (AvgIpc) is 3.22. The van der Waals surface area contributed by atoms with Gasteiger partial charge in [-0.3, -0.25) is 18.6 Å². The summed E-state index contributed by atoms with van der Waals surface area (Å²) in [6, 6.07) is 8.32. The van der Waals surface area contributed by atoms with Gasteiger partial charge in [-0.15, -0.1) is 11.3 Å². The van der Waals surface area contributed by atoms with E-state index in [1.807, 2.05) is 0 Å². The Morgan fingerprint density at radius 1 is 1.16 bits per heavy atom. The molecule has 0 bridgehead atoms. The third-order valence-corrected chi connectivity index (χ3v) is 6.79. The van der Waals surface area contributed by atoms with E-state index in [1.165, 1.54) is 10.6 Å². The SMILES string of the molecule is Cc1c(=O)n(Cc2ccc(Cl)c(Cl)c2)c(=O)n2cc(C(=O)NCc3ccnc(N)c3)sc12. The number of carbonyl (C=O) groups excluding carboxylic acids is 1. The minimum atomic E-state index is -0.543. The number of thiazole rings is 1. The number of nitrogens with two attached hydrogens (primary N) is 1. The summed E-state index contributed by atoms with van der Waals surface area (Å²) in [6.07, 6.45) is 3.00. The van der Waals surface area contributed by atoms with Crippen molar-refractivity contribution in [2.75, 3.05) is 5.73 Å². The summed E-state index contributed by atoms with van der Waals surface area (Å²) in [5.41, 5.74) is 6.50. The number of nitrogens with zero attached hydrogens (tertiary/aromatic N) is 3. The number of nitrogen functional groups attached to an aromatic ring is 1. The van der Waals surface area contributed by atoms with Gasteiger partial charge >= 0.3 is 5.69 Å². The summed E-state index contributed by atoms with van der Waals surface area (Å²) in [6.45, 7) is 1.90. The quantitative estimate of drug-likeness (QED) is 0.447. The van der Waals surface area contributed by atoms with E-state index in [9.17, 15) is 14.4 Å². The molecule has 0 fully saturated rings. The van der Waals surface area contributed by atoms with Crippen LogP contribution in [-0.2, 0) is 13.1 Å². The van der Waals surface area contributed by atoms with Crippen molar-refractivity contribution in [2.24, 2.45) is 0 Å². The lowest BCUT2D eigenvalue weighted by Gasteiger charge is -2.08. The fourth-order valence-electron chi connectivity index (χ4n) is 3.20. The number of nitrogens with one attached hydrogen (secondary N) is 1. The number of hydrogen-bond donors (Lipinski definition) is 2. The zero-order valence-electron chi connectivity index (χ0n) is 16.8. The van der Waals surface area contributed by atoms with Gasteiger partial charge in [-0.05, 0) is 42.3 Å². The molecule has 3 aromatic heterocycles. The molecule has 0 radical (unpaired) electrons. The fourth-order valence-corrected chi connectivity index (χ4v) is 4.53. The van der Waals surface area contributed by atoms with Crippen LogP contribution in [0.5, 0.6) is 0 Å². The van der Waals surface area contributed by atoms with Crippen molar-refractivity contribution in [1.29, 1.82) is 0 Å². The largest absolute Gasteiger partial charge is 0.384 e. The van der Waals surface area contributed by atoms with E-state index in [0.29, 0.717) is 36.7 Å². The van der Waals surface area contributed by atoms with Crippen molar-refractivity contribution < 1.29 is 4.79 Å². The molecule has 0 saturated carbocycles. The molecule has 4 aromatic rings. The van der Waals surface area contributed by atoms with E-state index in [4.69, 9.17) is 28.9 Å². The maximum atomic E-state index is 13.0. The summed E-state index contributed by atoms with van der Waals surface area (Å²) in [5.74, 6) is -0.00772. The van der Waals surface area contributed by atoms with Gasteiger partial charge in [0.25, 0.3) is 11.5 Å². The Kier molecular flexibility index (Phi) is 6.05. The molecule has 4 rings (SSSR count). The van der Waals surface area contributed by atoms with Gasteiger partial charge in [0.1, 0.15) is 15.5 Å². The Morgan fingerprint density at radius 3 is 2.66 bits per heavy atom. The van der Waals surface area contributed by atoms with Crippen molar-refractivity contribution in [3.8, 4) is 0 Å². The lowest BCUT2D eigenvalue weighted by molar-refractivity contribution is 0.0954. The molecule has 1 aromatic carbocycles. The molecule has 8 nitrogen and oxygen atoms in total. The Bertz CT molecular complexity index is 1470. The molecule has 0 aliphatic heterocycles. The van der Waals surface area contributed by atoms with Crippen LogP contribution in [0.4, 0.5) is 5.82 Å². The summed E-state index contributed by atoms with van der Waals surface area (Å²) in [7, 11) is 0. The summed E-state index contributed by atoms with van der Waals surface area (Å²) >= 11 is 13.1. The van der Waals surface area contributed by atoms with Gasteiger partial charge in [0.05, 0.1) is 16.6 Å². The Morgan fingerprint density at radius 2 is 1.94 bits per heavy atom. The summed E-state index contributed by atoms with van der Waals surface area (Å²) < 4.78 is 2.42. The number of aromatic nitrogens is 3. The number of hydrogen-bond acceptors (Lipinski definition) is 6. The van der Waals surface area contributed by atoms with Crippen LogP contribution >= 0.6 is 34.5 Å². The van der Waals surface area contributed by atoms with E-state index in [0.717, 1.165) is 21.5 Å². The first-order valence-corrected chi connectivity index (χ1v) is 11.0. The van der Waals surface area contributed by atoms with Crippen LogP contribution in [0, 0.1) is 6.92 Å². The third-order valence-electron chi connectivity index (χ3n) is 4.84. The number of aryl methyl sites for hydroxylation is 1. The number of halogens is 2. The molecule has 11 heteroatoms. The van der Waals surface area contributed by atoms with Crippen LogP contribution in [0.1, 0.15) is 26.4 Å². The highest BCUT2D eigenvalue weighted by molar-refractivity contribution is 7.19. The zero-order chi connectivity index (χ0) is 23.0. The predicted octanol–water partition coefficient (Wildman–Crippen LogP) is 3.09. The monoisotopic (exact) mass is 489 g/mol. The molecule has 1 amide bonds. The van der Waals surface area contributed by atoms with Crippen LogP contribution in [0.2, 0.25) is 10.0 Å². The molecule has 3 N–H and O–H groups in total. The Labute approximate surface area is 195 Å². The van der Waals surface area contributed by atoms with E-state index in [1.54, 1.807) is 43.5 Å². The van der Waals surface area contributed by atoms with Crippen LogP contribution < -0.4 is 22.3 Å². The minimum absolute atomic E-state index is 0.0270. The number of pyridine rings is 1. The van der Waals surface area contributed by atoms with Gasteiger partial charge in [-0.1, -0.05) is 29.3 Å². The minimum Gasteiger partial charge on any atom is -0.384 e. The predicted molar refractivity (Wildman–Crippen MR) is 126 cm³/mol. The maximum absolute atomic E-state index is 13.0.